The number of methoxy groups -OCH3 is 1. The molecule has 0 aromatic heterocycles. The van der Waals surface area contributed by atoms with Gasteiger partial charge in [-0.1, -0.05) is 66.7 Å². The number of hydrogen-bond donors (Lipinski definition) is 0. The summed E-state index contributed by atoms with van der Waals surface area (Å²) < 4.78 is 73.2. The normalized spacial score (nSPS) is 13.1. The average Bonchev–Trinajstić information content (AvgIpc) is 2.84. The third-order valence-electron chi connectivity index (χ3n) is 5.16. The van der Waals surface area contributed by atoms with Crippen LogP contribution in [0.2, 0.25) is 5.02 Å². The zero-order valence-electron chi connectivity index (χ0n) is 17.9. The van der Waals surface area contributed by atoms with Crippen molar-refractivity contribution in [3.8, 4) is 0 Å². The van der Waals surface area contributed by atoms with E-state index in [9.17, 15) is 21.6 Å². The molecular weight excluding hydrogens is 503 g/mol. The Hall–Kier alpha value is -3.01. The fourth-order valence-corrected chi connectivity index (χ4v) is 8.30. The Morgan fingerprint density at radius 1 is 0.882 bits per heavy atom. The summed E-state index contributed by atoms with van der Waals surface area (Å²) in [5.74, 6) is -3.40. The Morgan fingerprint density at radius 2 is 1.35 bits per heavy atom. The molecule has 1 atom stereocenters. The molecule has 0 amide bonds. The first kappa shape index (κ1) is 25.6. The van der Waals surface area contributed by atoms with Crippen LogP contribution in [-0.4, -0.2) is 34.2 Å². The molecular formula is C24H20ClFO6S2. The minimum Gasteiger partial charge on any atom is -0.466 e. The lowest BCUT2D eigenvalue weighted by Gasteiger charge is -2.33. The smallest absolute Gasteiger partial charge is 0.333 e. The number of halogens is 2. The number of rotatable bonds is 8. The third-order valence-corrected chi connectivity index (χ3v) is 10.4. The fourth-order valence-electron chi connectivity index (χ4n) is 3.52. The van der Waals surface area contributed by atoms with Gasteiger partial charge in [0, 0.05) is 10.6 Å². The van der Waals surface area contributed by atoms with E-state index >= 15 is 4.39 Å². The summed E-state index contributed by atoms with van der Waals surface area (Å²) >= 11 is 6.05. The zero-order valence-corrected chi connectivity index (χ0v) is 20.3. The molecule has 178 valence electrons. The quantitative estimate of drug-likeness (QED) is 0.314. The molecule has 3 rings (SSSR count). The second kappa shape index (κ2) is 9.69. The Balaban J connectivity index is 2.48. The standard InChI is InChI=1S/C24H20ClFO6S2/c1-17(23(27)32-2)22(18-10-9-11-19(25)16-18)24(26,33(28,29)20-12-5-3-6-13-20)34(30,31)21-14-7-4-8-15-21/h3-16,22H,1H2,2H3/t22-/m0/s1. The number of carbonyl (C=O) groups is 1. The summed E-state index contributed by atoms with van der Waals surface area (Å²) in [6, 6.07) is 17.8. The van der Waals surface area contributed by atoms with Gasteiger partial charge in [0.25, 0.3) is 0 Å². The molecule has 0 radical (unpaired) electrons. The van der Waals surface area contributed by atoms with Gasteiger partial charge in [0.1, 0.15) is 0 Å². The average molecular weight is 523 g/mol. The van der Waals surface area contributed by atoms with Gasteiger partial charge in [0.15, 0.2) is 0 Å². The highest BCUT2D eigenvalue weighted by Crippen LogP contribution is 2.50. The van der Waals surface area contributed by atoms with Gasteiger partial charge in [-0.2, -0.15) is 0 Å². The molecule has 6 nitrogen and oxygen atoms in total. The first-order valence-electron chi connectivity index (χ1n) is 9.79. The highest BCUT2D eigenvalue weighted by Gasteiger charge is 2.64. The molecule has 0 bridgehead atoms. The van der Waals surface area contributed by atoms with E-state index in [4.69, 9.17) is 11.6 Å². The number of esters is 1. The van der Waals surface area contributed by atoms with Gasteiger partial charge in [0.2, 0.25) is 19.7 Å². The minimum absolute atomic E-state index is 0.0664. The maximum Gasteiger partial charge on any atom is 0.333 e. The highest BCUT2D eigenvalue weighted by molar-refractivity contribution is 8.10. The van der Waals surface area contributed by atoms with Gasteiger partial charge in [-0.15, -0.1) is 0 Å². The van der Waals surface area contributed by atoms with Crippen LogP contribution in [0.15, 0.2) is 107 Å². The van der Waals surface area contributed by atoms with E-state index in [1.807, 2.05) is 0 Å². The number of sulfone groups is 2. The van der Waals surface area contributed by atoms with Crippen LogP contribution in [0.5, 0.6) is 0 Å². The van der Waals surface area contributed by atoms with E-state index in [0.29, 0.717) is 0 Å². The first-order valence-corrected chi connectivity index (χ1v) is 13.1. The van der Waals surface area contributed by atoms with Crippen molar-refractivity contribution in [1.82, 2.24) is 0 Å². The predicted octanol–water partition coefficient (Wildman–Crippen LogP) is 4.72. The van der Waals surface area contributed by atoms with Gasteiger partial charge < -0.3 is 4.74 Å². The summed E-state index contributed by atoms with van der Waals surface area (Å²) in [5.41, 5.74) is -0.907. The molecule has 0 unspecified atom stereocenters. The molecule has 0 N–H and O–H groups in total. The molecule has 0 heterocycles. The first-order chi connectivity index (χ1) is 16.0. The SMILES string of the molecule is C=C(C(=O)OC)[C@@H](c1cccc(Cl)c1)C(F)(S(=O)(=O)c1ccccc1)S(=O)(=O)c1ccccc1. The van der Waals surface area contributed by atoms with E-state index < -0.39 is 51.3 Å². The molecule has 0 saturated heterocycles. The lowest BCUT2D eigenvalue weighted by Crippen LogP contribution is -2.49. The summed E-state index contributed by atoms with van der Waals surface area (Å²) in [4.78, 5) is 11.3. The van der Waals surface area contributed by atoms with Gasteiger partial charge in [-0.3, -0.25) is 0 Å². The molecule has 0 fully saturated rings. The molecule has 10 heteroatoms. The number of carbonyl (C=O) groups excluding carboxylic acids is 1. The third kappa shape index (κ3) is 4.26. The van der Waals surface area contributed by atoms with Gasteiger partial charge in [0.05, 0.1) is 22.8 Å². The summed E-state index contributed by atoms with van der Waals surface area (Å²) in [6.07, 6.45) is 0. The van der Waals surface area contributed by atoms with Crippen molar-refractivity contribution in [3.05, 3.63) is 108 Å². The van der Waals surface area contributed by atoms with E-state index in [1.165, 1.54) is 60.7 Å². The van der Waals surface area contributed by atoms with Gasteiger partial charge >= 0.3 is 10.3 Å². The molecule has 0 aliphatic carbocycles. The van der Waals surface area contributed by atoms with Crippen molar-refractivity contribution < 1.29 is 30.8 Å². The van der Waals surface area contributed by atoms with Crippen LogP contribution in [0.3, 0.4) is 0 Å². The number of hydrogen-bond acceptors (Lipinski definition) is 6. The highest BCUT2D eigenvalue weighted by atomic mass is 35.5. The maximum atomic E-state index is 17.5. The molecule has 0 spiro atoms. The second-order valence-electron chi connectivity index (χ2n) is 7.22. The molecule has 3 aromatic carbocycles. The van der Waals surface area contributed by atoms with Crippen LogP contribution in [0.4, 0.5) is 4.39 Å². The predicted molar refractivity (Wildman–Crippen MR) is 126 cm³/mol. The Labute approximate surface area is 202 Å². The lowest BCUT2D eigenvalue weighted by molar-refractivity contribution is -0.136. The van der Waals surface area contributed by atoms with Gasteiger partial charge in [-0.25, -0.2) is 26.0 Å². The zero-order chi connectivity index (χ0) is 25.1. The minimum atomic E-state index is -5.32. The van der Waals surface area contributed by atoms with Crippen molar-refractivity contribution in [3.63, 3.8) is 0 Å². The summed E-state index contributed by atoms with van der Waals surface area (Å²) in [5, 5.41) is 0.0664. The second-order valence-corrected chi connectivity index (χ2v) is 12.1. The van der Waals surface area contributed by atoms with Gasteiger partial charge in [-0.05, 0) is 42.0 Å². The molecule has 34 heavy (non-hydrogen) atoms. The fraction of sp³-hybridized carbons (Fsp3) is 0.125. The van der Waals surface area contributed by atoms with Crippen molar-refractivity contribution in [2.75, 3.05) is 7.11 Å². The maximum absolute atomic E-state index is 17.5. The van der Waals surface area contributed by atoms with E-state index in [-0.39, 0.29) is 10.6 Å². The Bertz CT molecular complexity index is 1350. The van der Waals surface area contributed by atoms with Crippen molar-refractivity contribution in [2.24, 2.45) is 0 Å². The van der Waals surface area contributed by atoms with Crippen molar-refractivity contribution in [1.29, 1.82) is 0 Å². The van der Waals surface area contributed by atoms with Crippen LogP contribution in [0.25, 0.3) is 0 Å². The summed E-state index contributed by atoms with van der Waals surface area (Å²) in [6.45, 7) is 3.53. The topological polar surface area (TPSA) is 94.6 Å². The van der Waals surface area contributed by atoms with Crippen LogP contribution < -0.4 is 0 Å². The summed E-state index contributed by atoms with van der Waals surface area (Å²) in [7, 11) is -9.65. The Kier molecular flexibility index (Phi) is 7.30. The van der Waals surface area contributed by atoms with Crippen LogP contribution >= 0.6 is 11.6 Å². The number of ether oxygens (including phenoxy) is 1. The molecule has 0 aliphatic heterocycles. The number of benzene rings is 3. The lowest BCUT2D eigenvalue weighted by atomic mass is 9.92. The monoisotopic (exact) mass is 522 g/mol. The Morgan fingerprint density at radius 3 is 1.76 bits per heavy atom. The van der Waals surface area contributed by atoms with Crippen LogP contribution in [0, 0.1) is 0 Å². The van der Waals surface area contributed by atoms with Crippen LogP contribution in [-0.2, 0) is 29.2 Å². The molecule has 0 aliphatic rings. The van der Waals surface area contributed by atoms with E-state index in [1.54, 1.807) is 0 Å². The van der Waals surface area contributed by atoms with Crippen LogP contribution in [0.1, 0.15) is 11.5 Å². The molecule has 0 saturated carbocycles. The van der Waals surface area contributed by atoms with Crippen molar-refractivity contribution >= 4 is 37.2 Å². The van der Waals surface area contributed by atoms with Crippen molar-refractivity contribution in [2.45, 2.75) is 20.0 Å². The van der Waals surface area contributed by atoms with E-state index in [0.717, 1.165) is 31.4 Å². The van der Waals surface area contributed by atoms with E-state index in [2.05, 4.69) is 11.3 Å². The number of alkyl halides is 1. The molecule has 3 aromatic rings. The largest absolute Gasteiger partial charge is 0.466 e.